The molecule has 0 saturated carbocycles. The van der Waals surface area contributed by atoms with Crippen LogP contribution in [0.15, 0.2) is 0 Å². The Kier molecular flexibility index (Phi) is 2.75. The molecule has 43 valence electrons. The zero-order valence-corrected chi connectivity index (χ0v) is 3.62. The van der Waals surface area contributed by atoms with E-state index in [1.54, 1.807) is 0 Å². The van der Waals surface area contributed by atoms with Gasteiger partial charge in [-0.2, -0.15) is 8.78 Å². The molecule has 4 heteroatoms. The van der Waals surface area contributed by atoms with Crippen LogP contribution in [0.5, 0.6) is 0 Å². The summed E-state index contributed by atoms with van der Waals surface area (Å²) in [5.74, 6) is 0. The molecule has 0 aromatic rings. The van der Waals surface area contributed by atoms with Gasteiger partial charge in [0.2, 0.25) is 0 Å². The second kappa shape index (κ2) is 2.85. The van der Waals surface area contributed by atoms with Crippen LogP contribution in [0.4, 0.5) is 13.2 Å². The summed E-state index contributed by atoms with van der Waals surface area (Å²) in [6.45, 7) is 0. The zero-order chi connectivity index (χ0) is 5.86. The summed E-state index contributed by atoms with van der Waals surface area (Å²) < 4.78 is 36.5. The van der Waals surface area contributed by atoms with Crippen molar-refractivity contribution < 1.29 is 17.9 Å². The predicted molar refractivity (Wildman–Crippen MR) is 17.4 cm³/mol. The van der Waals surface area contributed by atoms with Crippen molar-refractivity contribution in [1.29, 1.82) is 0 Å². The minimum absolute atomic E-state index is 0.865. The lowest BCUT2D eigenvalue weighted by Gasteiger charge is -1.98. The highest BCUT2D eigenvalue weighted by Gasteiger charge is 2.19. The van der Waals surface area contributed by atoms with Crippen LogP contribution in [0.3, 0.4) is 0 Å². The van der Waals surface area contributed by atoms with E-state index in [1.807, 2.05) is 0 Å². The van der Waals surface area contributed by atoms with E-state index >= 15 is 0 Å². The van der Waals surface area contributed by atoms with Gasteiger partial charge in [0.25, 0.3) is 6.36 Å². The van der Waals surface area contributed by atoms with E-state index in [1.165, 1.54) is 0 Å². The molecule has 0 bridgehead atoms. The van der Waals surface area contributed by atoms with Gasteiger partial charge in [-0.1, -0.05) is 0 Å². The lowest BCUT2D eigenvalue weighted by molar-refractivity contribution is -0.0506. The minimum Gasteiger partial charge on any atom is -0.347 e. The molecule has 0 saturated heterocycles. The topological polar surface area (TPSA) is 9.23 Å². The fraction of sp³-hybridized carbons (Fsp3) is 0.667. The molecule has 1 atom stereocenters. The molecule has 0 amide bonds. The minimum atomic E-state index is -2.51. The maximum atomic E-state index is 11.2. The van der Waals surface area contributed by atoms with Crippen LogP contribution in [-0.2, 0) is 4.74 Å². The summed E-state index contributed by atoms with van der Waals surface area (Å²) >= 11 is 0. The van der Waals surface area contributed by atoms with Crippen molar-refractivity contribution in [3.63, 3.8) is 0 Å². The van der Waals surface area contributed by atoms with Gasteiger partial charge < -0.3 is 4.74 Å². The lowest BCUT2D eigenvalue weighted by atomic mass is 10.7. The van der Waals surface area contributed by atoms with E-state index in [0.29, 0.717) is 0 Å². The summed E-state index contributed by atoms with van der Waals surface area (Å²) in [7, 11) is 0.865. The van der Waals surface area contributed by atoms with E-state index in [4.69, 9.17) is 0 Å². The van der Waals surface area contributed by atoms with E-state index in [9.17, 15) is 13.2 Å². The van der Waals surface area contributed by atoms with Gasteiger partial charge in [-0.05, 0) is 0 Å². The predicted octanol–water partition coefficient (Wildman–Crippen LogP) is 1.36. The Balaban J connectivity index is 3.14. The number of ether oxygens (including phenoxy) is 1. The first kappa shape index (κ1) is 6.75. The number of alkyl halides is 1. The molecule has 0 N–H and O–H groups in total. The van der Waals surface area contributed by atoms with Gasteiger partial charge in [0, 0.05) is 7.11 Å². The molecule has 7 heavy (non-hydrogen) atoms. The molecule has 0 aliphatic carbocycles. The Morgan fingerprint density at radius 1 is 1.57 bits per heavy atom. The van der Waals surface area contributed by atoms with Crippen molar-refractivity contribution in [2.45, 2.75) is 6.36 Å². The molecule has 0 heterocycles. The summed E-state index contributed by atoms with van der Waals surface area (Å²) in [6, 6.07) is 0. The van der Waals surface area contributed by atoms with Crippen molar-refractivity contribution in [1.82, 2.24) is 0 Å². The molecule has 0 fully saturated rings. The number of hydrogen-bond donors (Lipinski definition) is 0. The van der Waals surface area contributed by atoms with Crippen molar-refractivity contribution >= 4 is 0 Å². The third kappa shape index (κ3) is 2.45. The highest BCUT2D eigenvalue weighted by molar-refractivity contribution is 4.61. The third-order valence-electron chi connectivity index (χ3n) is 0.379. The fourth-order valence-corrected chi connectivity index (χ4v) is 0.0891. The lowest BCUT2D eigenvalue weighted by Crippen LogP contribution is -2.05. The molecule has 0 aliphatic heterocycles. The monoisotopic (exact) mass is 113 g/mol. The van der Waals surface area contributed by atoms with Gasteiger partial charge in [0.05, 0.1) is 0 Å². The Hall–Kier alpha value is -0.250. The Labute approximate surface area is 39.1 Å². The summed E-state index contributed by atoms with van der Waals surface area (Å²) in [5.41, 5.74) is 0. The van der Waals surface area contributed by atoms with E-state index < -0.39 is 12.8 Å². The quantitative estimate of drug-likeness (QED) is 0.525. The summed E-state index contributed by atoms with van der Waals surface area (Å²) in [4.78, 5) is 0. The maximum Gasteiger partial charge on any atom is 0.370 e. The molecule has 0 aliphatic rings. The third-order valence-corrected chi connectivity index (χ3v) is 0.379. The first-order valence-electron chi connectivity index (χ1n) is 1.53. The SMILES string of the molecule is COC(F)[C](F)F. The molecular weight excluding hydrogens is 109 g/mol. The molecule has 0 rings (SSSR count). The van der Waals surface area contributed by atoms with E-state index in [0.717, 1.165) is 7.11 Å². The molecule has 1 unspecified atom stereocenters. The molecule has 0 aromatic carbocycles. The average Bonchev–Trinajstić information content (AvgIpc) is 1.65. The van der Waals surface area contributed by atoms with Crippen molar-refractivity contribution in [2.75, 3.05) is 7.11 Å². The van der Waals surface area contributed by atoms with E-state index in [-0.39, 0.29) is 0 Å². The van der Waals surface area contributed by atoms with Gasteiger partial charge >= 0.3 is 6.43 Å². The van der Waals surface area contributed by atoms with E-state index in [2.05, 4.69) is 4.74 Å². The molecule has 0 aromatic heterocycles. The van der Waals surface area contributed by atoms with Crippen LogP contribution in [-0.4, -0.2) is 13.5 Å². The van der Waals surface area contributed by atoms with Crippen LogP contribution in [0.25, 0.3) is 0 Å². The van der Waals surface area contributed by atoms with Crippen molar-refractivity contribution in [3.05, 3.63) is 6.43 Å². The van der Waals surface area contributed by atoms with Crippen LogP contribution in [0, 0.1) is 6.43 Å². The highest BCUT2D eigenvalue weighted by atomic mass is 19.3. The Bertz CT molecular complexity index is 47.4. The molecule has 0 spiro atoms. The number of rotatable bonds is 2. The normalized spacial score (nSPS) is 15.0. The number of methoxy groups -OCH3 is 1. The van der Waals surface area contributed by atoms with Gasteiger partial charge in [0.1, 0.15) is 0 Å². The first-order chi connectivity index (χ1) is 3.18. The standard InChI is InChI=1S/C3H4F3O/c1-7-3(6)2(4)5/h3H,1H3. The van der Waals surface area contributed by atoms with Gasteiger partial charge in [-0.25, -0.2) is 4.39 Å². The van der Waals surface area contributed by atoms with Crippen LogP contribution >= 0.6 is 0 Å². The number of halogens is 3. The highest BCUT2D eigenvalue weighted by Crippen LogP contribution is 2.12. The summed E-state index contributed by atoms with van der Waals surface area (Å²) in [6.07, 6.45) is -4.86. The second-order valence-electron chi connectivity index (χ2n) is 0.841. The maximum absolute atomic E-state index is 11.2. The molecule has 1 nitrogen and oxygen atoms in total. The molecular formula is C3H4F3O. The number of hydrogen-bond acceptors (Lipinski definition) is 1. The van der Waals surface area contributed by atoms with Gasteiger partial charge in [0.15, 0.2) is 0 Å². The van der Waals surface area contributed by atoms with Crippen LogP contribution < -0.4 is 0 Å². The zero-order valence-electron chi connectivity index (χ0n) is 3.62. The molecule has 1 radical (unpaired) electrons. The summed E-state index contributed by atoms with van der Waals surface area (Å²) in [5, 5.41) is 0. The van der Waals surface area contributed by atoms with Crippen molar-refractivity contribution in [2.24, 2.45) is 0 Å². The second-order valence-corrected chi connectivity index (χ2v) is 0.841. The first-order valence-corrected chi connectivity index (χ1v) is 1.53. The Morgan fingerprint density at radius 2 is 2.00 bits per heavy atom. The van der Waals surface area contributed by atoms with Crippen molar-refractivity contribution in [3.8, 4) is 0 Å². The fourth-order valence-electron chi connectivity index (χ4n) is 0.0891. The average molecular weight is 113 g/mol. The smallest absolute Gasteiger partial charge is 0.347 e. The van der Waals surface area contributed by atoms with Gasteiger partial charge in [-0.3, -0.25) is 0 Å². The van der Waals surface area contributed by atoms with Crippen LogP contribution in [0.2, 0.25) is 0 Å². The van der Waals surface area contributed by atoms with Gasteiger partial charge in [-0.15, -0.1) is 0 Å². The largest absolute Gasteiger partial charge is 0.370 e. The van der Waals surface area contributed by atoms with Crippen LogP contribution in [0.1, 0.15) is 0 Å². The Morgan fingerprint density at radius 3 is 2.00 bits per heavy atom.